The second kappa shape index (κ2) is 6.48. The van der Waals surface area contributed by atoms with E-state index in [0.717, 1.165) is 18.4 Å². The molecule has 0 amide bonds. The Labute approximate surface area is 194 Å². The van der Waals surface area contributed by atoms with Crippen LogP contribution in [0.5, 0.6) is 0 Å². The van der Waals surface area contributed by atoms with Gasteiger partial charge in [-0.25, -0.2) is 0 Å². The molecule has 33 heavy (non-hydrogen) atoms. The summed E-state index contributed by atoms with van der Waals surface area (Å²) in [5, 5.41) is 12.1. The number of carbonyl (C=O) groups excluding carboxylic acids is 3. The average Bonchev–Trinajstić information content (AvgIpc) is 3.69. The van der Waals surface area contributed by atoms with Gasteiger partial charge >= 0.3 is 11.9 Å². The van der Waals surface area contributed by atoms with Crippen LogP contribution in [0, 0.1) is 40.4 Å². The van der Waals surface area contributed by atoms with Crippen molar-refractivity contribution in [3.05, 3.63) is 11.6 Å². The Hall–Kier alpha value is -1.73. The molecule has 0 aromatic carbocycles. The highest BCUT2D eigenvalue weighted by Crippen LogP contribution is 2.83. The third kappa shape index (κ3) is 2.41. The Morgan fingerprint density at radius 3 is 2.67 bits per heavy atom. The summed E-state index contributed by atoms with van der Waals surface area (Å²) in [5.74, 6) is -0.312. The van der Waals surface area contributed by atoms with Gasteiger partial charge < -0.3 is 19.3 Å². The predicted molar refractivity (Wildman–Crippen MR) is 116 cm³/mol. The van der Waals surface area contributed by atoms with Crippen LogP contribution in [0.2, 0.25) is 0 Å². The molecule has 0 aromatic rings. The van der Waals surface area contributed by atoms with Crippen molar-refractivity contribution in [2.45, 2.75) is 76.1 Å². The molecule has 1 heterocycles. The Kier molecular flexibility index (Phi) is 4.28. The number of hydrogen-bond acceptors (Lipinski definition) is 7. The molecule has 7 heteroatoms. The molecular weight excluding hydrogens is 424 g/mol. The van der Waals surface area contributed by atoms with E-state index in [0.29, 0.717) is 31.6 Å². The molecule has 0 aromatic heterocycles. The van der Waals surface area contributed by atoms with Gasteiger partial charge in [0.2, 0.25) is 0 Å². The highest BCUT2D eigenvalue weighted by atomic mass is 16.6. The fourth-order valence-corrected chi connectivity index (χ4v) is 9.36. The average molecular weight is 459 g/mol. The minimum atomic E-state index is -0.977. The van der Waals surface area contributed by atoms with Gasteiger partial charge in [-0.1, -0.05) is 19.4 Å². The molecule has 4 saturated carbocycles. The SMILES string of the molecule is COC(=O)CC[C@@]1(O)[C@H]2C[C@H]2[C@H]2[C@@H]3[C@H](C(=O)OC)CC4=CC(=O)CC[C@]4(C)[C@]34O[C@@H]4C[C@@]21C. The lowest BCUT2D eigenvalue weighted by Crippen LogP contribution is -2.64. The number of ether oxygens (including phenoxy) is 3. The van der Waals surface area contributed by atoms with Gasteiger partial charge in [0.1, 0.15) is 5.60 Å². The normalized spacial score (nSPS) is 52.9. The van der Waals surface area contributed by atoms with Crippen LogP contribution in [0.25, 0.3) is 0 Å². The topological polar surface area (TPSA) is 102 Å². The van der Waals surface area contributed by atoms with Gasteiger partial charge in [-0.05, 0) is 55.9 Å². The number of aliphatic hydroxyl groups is 1. The number of hydrogen-bond donors (Lipinski definition) is 1. The summed E-state index contributed by atoms with van der Waals surface area (Å²) in [7, 11) is 2.81. The van der Waals surface area contributed by atoms with Crippen molar-refractivity contribution in [1.29, 1.82) is 0 Å². The summed E-state index contributed by atoms with van der Waals surface area (Å²) in [4.78, 5) is 37.4. The van der Waals surface area contributed by atoms with Gasteiger partial charge in [-0.15, -0.1) is 0 Å². The lowest BCUT2D eigenvalue weighted by Gasteiger charge is -2.59. The van der Waals surface area contributed by atoms with Gasteiger partial charge in [0.05, 0.1) is 31.8 Å². The molecule has 0 radical (unpaired) electrons. The maximum atomic E-state index is 13.2. The first-order valence-corrected chi connectivity index (χ1v) is 12.4. The number of fused-ring (bicyclic) bond motifs is 5. The van der Waals surface area contributed by atoms with Crippen molar-refractivity contribution in [2.75, 3.05) is 14.2 Å². The smallest absolute Gasteiger partial charge is 0.309 e. The predicted octanol–water partition coefficient (Wildman–Crippen LogP) is 2.59. The van der Waals surface area contributed by atoms with Crippen LogP contribution < -0.4 is 0 Å². The molecule has 5 aliphatic carbocycles. The largest absolute Gasteiger partial charge is 0.469 e. The molecule has 1 N–H and O–H groups in total. The van der Waals surface area contributed by atoms with Crippen molar-refractivity contribution < 1.29 is 33.7 Å². The summed E-state index contributed by atoms with van der Waals surface area (Å²) in [6, 6.07) is 0. The van der Waals surface area contributed by atoms with E-state index in [1.807, 2.05) is 0 Å². The van der Waals surface area contributed by atoms with Crippen LogP contribution >= 0.6 is 0 Å². The molecule has 1 saturated heterocycles. The maximum Gasteiger partial charge on any atom is 0.309 e. The fraction of sp³-hybridized carbons (Fsp3) is 0.808. The number of epoxide rings is 1. The van der Waals surface area contributed by atoms with Gasteiger partial charge in [0, 0.05) is 29.6 Å². The van der Waals surface area contributed by atoms with Gasteiger partial charge in [0.15, 0.2) is 5.78 Å². The van der Waals surface area contributed by atoms with Crippen molar-refractivity contribution in [3.63, 3.8) is 0 Å². The van der Waals surface area contributed by atoms with Crippen LogP contribution in [0.1, 0.15) is 58.8 Å². The summed E-state index contributed by atoms with van der Waals surface area (Å²) < 4.78 is 16.8. The molecule has 5 fully saturated rings. The zero-order valence-electron chi connectivity index (χ0n) is 19.9. The van der Waals surface area contributed by atoms with E-state index >= 15 is 0 Å². The number of methoxy groups -OCH3 is 2. The van der Waals surface area contributed by atoms with Gasteiger partial charge in [-0.3, -0.25) is 14.4 Å². The Morgan fingerprint density at radius 1 is 1.21 bits per heavy atom. The van der Waals surface area contributed by atoms with E-state index in [1.54, 1.807) is 6.08 Å². The van der Waals surface area contributed by atoms with E-state index in [2.05, 4.69) is 13.8 Å². The highest BCUT2D eigenvalue weighted by Gasteiger charge is 2.87. The van der Waals surface area contributed by atoms with E-state index in [4.69, 9.17) is 14.2 Å². The van der Waals surface area contributed by atoms with E-state index in [1.165, 1.54) is 14.2 Å². The molecule has 1 aliphatic heterocycles. The third-order valence-electron chi connectivity index (χ3n) is 11.0. The molecule has 10 atom stereocenters. The van der Waals surface area contributed by atoms with Crippen LogP contribution in [0.15, 0.2) is 11.6 Å². The summed E-state index contributed by atoms with van der Waals surface area (Å²) in [6.07, 6.45) is 5.64. The molecule has 1 spiro atoms. The van der Waals surface area contributed by atoms with E-state index < -0.39 is 16.6 Å². The highest BCUT2D eigenvalue weighted by molar-refractivity contribution is 5.92. The number of carbonyl (C=O) groups is 3. The molecule has 180 valence electrons. The lowest BCUT2D eigenvalue weighted by atomic mass is 9.42. The zero-order chi connectivity index (χ0) is 23.6. The Morgan fingerprint density at radius 2 is 1.97 bits per heavy atom. The number of ketones is 1. The van der Waals surface area contributed by atoms with Crippen LogP contribution in [0.4, 0.5) is 0 Å². The maximum absolute atomic E-state index is 13.2. The molecule has 0 unspecified atom stereocenters. The minimum absolute atomic E-state index is 0.0637. The van der Waals surface area contributed by atoms with Crippen LogP contribution in [-0.4, -0.2) is 54.4 Å². The van der Waals surface area contributed by atoms with Crippen molar-refractivity contribution in [2.24, 2.45) is 40.4 Å². The zero-order valence-corrected chi connectivity index (χ0v) is 19.9. The van der Waals surface area contributed by atoms with Crippen molar-refractivity contribution in [1.82, 2.24) is 0 Å². The van der Waals surface area contributed by atoms with Gasteiger partial charge in [-0.2, -0.15) is 0 Å². The Balaban J connectivity index is 1.45. The molecule has 6 rings (SSSR count). The minimum Gasteiger partial charge on any atom is -0.469 e. The first kappa shape index (κ1) is 21.8. The van der Waals surface area contributed by atoms with E-state index in [9.17, 15) is 19.5 Å². The fourth-order valence-electron chi connectivity index (χ4n) is 9.36. The quantitative estimate of drug-likeness (QED) is 0.510. The third-order valence-corrected chi connectivity index (χ3v) is 11.0. The van der Waals surface area contributed by atoms with Gasteiger partial charge in [0.25, 0.3) is 0 Å². The molecular formula is C26H34O7. The molecule has 6 aliphatic rings. The summed E-state index contributed by atoms with van der Waals surface area (Å²) >= 11 is 0. The Bertz CT molecular complexity index is 987. The second-order valence-corrected chi connectivity index (χ2v) is 11.9. The molecule has 0 bridgehead atoms. The van der Waals surface area contributed by atoms with Crippen LogP contribution in [0.3, 0.4) is 0 Å². The number of esters is 2. The van der Waals surface area contributed by atoms with E-state index in [-0.39, 0.29) is 59.3 Å². The lowest BCUT2D eigenvalue weighted by molar-refractivity contribution is -0.170. The second-order valence-electron chi connectivity index (χ2n) is 11.9. The molecule has 7 nitrogen and oxygen atoms in total. The summed E-state index contributed by atoms with van der Waals surface area (Å²) in [5.41, 5.74) is -1.16. The first-order valence-electron chi connectivity index (χ1n) is 12.4. The standard InChI is InChI=1S/C26H34O7/c1-23-7-5-14(27)9-13(23)10-16(22(29)32-4)21-20-15-11-17(15)25(30,8-6-19(28)31-3)24(20,2)12-18-26(21,23)33-18/h9,15-18,20-21,30H,5-8,10-12H2,1-4H3/t15-,16-,17+,18-,20+,21+,23+,24+,25-,26-/m1/s1. The number of rotatable bonds is 4. The first-order chi connectivity index (χ1) is 15.6. The monoisotopic (exact) mass is 458 g/mol. The van der Waals surface area contributed by atoms with Crippen molar-refractivity contribution in [3.8, 4) is 0 Å². The van der Waals surface area contributed by atoms with Crippen molar-refractivity contribution >= 4 is 17.7 Å². The summed E-state index contributed by atoms with van der Waals surface area (Å²) in [6.45, 7) is 4.37. The van der Waals surface area contributed by atoms with Crippen LogP contribution in [-0.2, 0) is 28.6 Å².